The zero-order valence-electron chi connectivity index (χ0n) is 11.8. The number of nitrogens with two attached hydrogens (primary N) is 1. The lowest BCUT2D eigenvalue weighted by atomic mass is 9.83. The van der Waals surface area contributed by atoms with E-state index in [1.165, 1.54) is 12.4 Å². The highest BCUT2D eigenvalue weighted by Crippen LogP contribution is 2.42. The van der Waals surface area contributed by atoms with Crippen molar-refractivity contribution in [2.75, 3.05) is 13.7 Å². The summed E-state index contributed by atoms with van der Waals surface area (Å²) in [7, 11) is 1.63. The van der Waals surface area contributed by atoms with Crippen LogP contribution in [-0.2, 0) is 0 Å². The Morgan fingerprint density at radius 1 is 1.48 bits per heavy atom. The highest BCUT2D eigenvalue weighted by Gasteiger charge is 2.28. The smallest absolute Gasteiger partial charge is 0.123 e. The van der Waals surface area contributed by atoms with Gasteiger partial charge in [-0.05, 0) is 37.4 Å². The van der Waals surface area contributed by atoms with Crippen LogP contribution in [0.15, 0.2) is 23.9 Å². The van der Waals surface area contributed by atoms with E-state index in [1.54, 1.807) is 13.2 Å². The van der Waals surface area contributed by atoms with Crippen LogP contribution in [0.1, 0.15) is 24.3 Å². The largest absolute Gasteiger partial charge is 0.496 e. The second-order valence-corrected chi connectivity index (χ2v) is 5.80. The Hall–Kier alpha value is -1.23. The fourth-order valence-corrected chi connectivity index (χ4v) is 3.28. The molecule has 4 nitrogen and oxygen atoms in total. The molecule has 1 heterocycles. The van der Waals surface area contributed by atoms with Crippen LogP contribution >= 0.6 is 23.2 Å². The summed E-state index contributed by atoms with van der Waals surface area (Å²) in [6.07, 6.45) is 4.50. The average molecular weight is 328 g/mol. The van der Waals surface area contributed by atoms with E-state index in [-0.39, 0.29) is 12.0 Å². The molecule has 0 aliphatic carbocycles. The summed E-state index contributed by atoms with van der Waals surface area (Å²) < 4.78 is 5.44. The molecule has 2 unspecified atom stereocenters. The summed E-state index contributed by atoms with van der Waals surface area (Å²) in [4.78, 5) is 0. The van der Waals surface area contributed by atoms with Crippen LogP contribution in [0.25, 0.3) is 0 Å². The van der Waals surface area contributed by atoms with Crippen LogP contribution in [0, 0.1) is 5.41 Å². The Morgan fingerprint density at radius 2 is 2.24 bits per heavy atom. The van der Waals surface area contributed by atoms with E-state index in [4.69, 9.17) is 39.1 Å². The van der Waals surface area contributed by atoms with Gasteiger partial charge in [-0.1, -0.05) is 23.2 Å². The molecule has 1 aliphatic heterocycles. The van der Waals surface area contributed by atoms with E-state index in [0.717, 1.165) is 36.3 Å². The number of rotatable bonds is 4. The van der Waals surface area contributed by atoms with E-state index in [9.17, 15) is 0 Å². The number of hydrogen-bond donors (Lipinski definition) is 3. The summed E-state index contributed by atoms with van der Waals surface area (Å²) in [6.45, 7) is 0.826. The molecule has 6 heteroatoms. The SMILES string of the molecule is COc1ccc(Cl)c(Cl)c1C1CCNC(/C(C=N)=C/N)C1. The van der Waals surface area contributed by atoms with Crippen LogP contribution < -0.4 is 15.8 Å². The first-order chi connectivity index (χ1) is 10.1. The lowest BCUT2D eigenvalue weighted by molar-refractivity contribution is 0.372. The summed E-state index contributed by atoms with van der Waals surface area (Å²) >= 11 is 12.5. The molecule has 0 saturated carbocycles. The standard InChI is InChI=1S/C15H19Cl2N3O/c1-21-13-3-2-11(16)15(17)14(13)9-4-5-20-12(6-9)10(7-18)8-19/h2-3,7-9,12,18,20H,4-6,19H2,1H3/b10-8+,18-7?. The molecule has 0 spiro atoms. The van der Waals surface area contributed by atoms with E-state index >= 15 is 0 Å². The average Bonchev–Trinajstić information content (AvgIpc) is 2.51. The molecule has 1 fully saturated rings. The van der Waals surface area contributed by atoms with Gasteiger partial charge in [0.05, 0.1) is 17.2 Å². The first kappa shape index (κ1) is 16.1. The number of ether oxygens (including phenoxy) is 1. The molecule has 21 heavy (non-hydrogen) atoms. The van der Waals surface area contributed by atoms with Crippen molar-refractivity contribution < 1.29 is 4.74 Å². The quantitative estimate of drug-likeness (QED) is 0.743. The minimum absolute atomic E-state index is 0.0472. The zero-order valence-corrected chi connectivity index (χ0v) is 13.3. The van der Waals surface area contributed by atoms with Gasteiger partial charge < -0.3 is 21.2 Å². The third kappa shape index (κ3) is 3.34. The van der Waals surface area contributed by atoms with E-state index in [2.05, 4.69) is 5.32 Å². The van der Waals surface area contributed by atoms with Gasteiger partial charge in [0.1, 0.15) is 5.75 Å². The van der Waals surface area contributed by atoms with Gasteiger partial charge >= 0.3 is 0 Å². The lowest BCUT2D eigenvalue weighted by Gasteiger charge is -2.32. The number of methoxy groups -OCH3 is 1. The van der Waals surface area contributed by atoms with Gasteiger partial charge in [0, 0.05) is 29.6 Å². The molecule has 1 saturated heterocycles. The van der Waals surface area contributed by atoms with Crippen LogP contribution in [0.2, 0.25) is 10.0 Å². The molecule has 0 radical (unpaired) electrons. The fraction of sp³-hybridized carbons (Fsp3) is 0.400. The zero-order chi connectivity index (χ0) is 15.4. The van der Waals surface area contributed by atoms with Crippen molar-refractivity contribution in [2.45, 2.75) is 24.8 Å². The van der Waals surface area contributed by atoms with Gasteiger partial charge in [-0.2, -0.15) is 0 Å². The van der Waals surface area contributed by atoms with E-state index in [0.29, 0.717) is 10.0 Å². The van der Waals surface area contributed by atoms with Crippen molar-refractivity contribution in [3.8, 4) is 5.75 Å². The van der Waals surface area contributed by atoms with Crippen molar-refractivity contribution in [1.29, 1.82) is 5.41 Å². The monoisotopic (exact) mass is 327 g/mol. The van der Waals surface area contributed by atoms with Crippen LogP contribution in [-0.4, -0.2) is 25.9 Å². The molecular weight excluding hydrogens is 309 g/mol. The summed E-state index contributed by atoms with van der Waals surface area (Å²) in [5, 5.41) is 11.9. The van der Waals surface area contributed by atoms with Crippen molar-refractivity contribution in [1.82, 2.24) is 5.32 Å². The molecule has 0 bridgehead atoms. The van der Waals surface area contributed by atoms with Crippen LogP contribution in [0.3, 0.4) is 0 Å². The first-order valence-electron chi connectivity index (χ1n) is 6.79. The third-order valence-electron chi connectivity index (χ3n) is 3.89. The molecular formula is C15H19Cl2N3O. The Bertz CT molecular complexity index is 560. The van der Waals surface area contributed by atoms with E-state index in [1.807, 2.05) is 6.07 Å². The summed E-state index contributed by atoms with van der Waals surface area (Å²) in [6, 6.07) is 3.63. The maximum atomic E-state index is 7.44. The van der Waals surface area contributed by atoms with Gasteiger partial charge in [0.15, 0.2) is 0 Å². The van der Waals surface area contributed by atoms with Crippen molar-refractivity contribution in [2.24, 2.45) is 5.73 Å². The Labute approximate surface area is 134 Å². The number of halogens is 2. The molecule has 1 aromatic carbocycles. The maximum Gasteiger partial charge on any atom is 0.123 e. The van der Waals surface area contributed by atoms with Crippen molar-refractivity contribution >= 4 is 29.4 Å². The van der Waals surface area contributed by atoms with Crippen molar-refractivity contribution in [3.05, 3.63) is 39.5 Å². The second-order valence-electron chi connectivity index (χ2n) is 5.02. The van der Waals surface area contributed by atoms with Gasteiger partial charge in [-0.15, -0.1) is 0 Å². The van der Waals surface area contributed by atoms with Gasteiger partial charge in [-0.25, -0.2) is 0 Å². The molecule has 0 amide bonds. The lowest BCUT2D eigenvalue weighted by Crippen LogP contribution is -2.39. The molecule has 114 valence electrons. The molecule has 2 atom stereocenters. The number of hydrogen-bond acceptors (Lipinski definition) is 4. The van der Waals surface area contributed by atoms with Gasteiger partial charge in [0.25, 0.3) is 0 Å². The fourth-order valence-electron chi connectivity index (χ4n) is 2.81. The minimum Gasteiger partial charge on any atom is -0.496 e. The predicted octanol–water partition coefficient (Wildman–Crippen LogP) is 3.33. The second kappa shape index (κ2) is 7.16. The Morgan fingerprint density at radius 3 is 2.86 bits per heavy atom. The predicted molar refractivity (Wildman–Crippen MR) is 87.8 cm³/mol. The highest BCUT2D eigenvalue weighted by atomic mass is 35.5. The molecule has 2 rings (SSSR count). The highest BCUT2D eigenvalue weighted by molar-refractivity contribution is 6.42. The van der Waals surface area contributed by atoms with Crippen molar-refractivity contribution in [3.63, 3.8) is 0 Å². The summed E-state index contributed by atoms with van der Waals surface area (Å²) in [5.74, 6) is 0.968. The van der Waals surface area contributed by atoms with Crippen LogP contribution in [0.4, 0.5) is 0 Å². The Balaban J connectivity index is 2.34. The van der Waals surface area contributed by atoms with Crippen LogP contribution in [0.5, 0.6) is 5.75 Å². The first-order valence-corrected chi connectivity index (χ1v) is 7.55. The minimum atomic E-state index is 0.0472. The number of nitrogens with one attached hydrogen (secondary N) is 2. The third-order valence-corrected chi connectivity index (χ3v) is 4.70. The Kier molecular flexibility index (Phi) is 5.51. The molecule has 1 aliphatic rings. The molecule has 0 aromatic heterocycles. The summed E-state index contributed by atoms with van der Waals surface area (Å²) in [5.41, 5.74) is 7.30. The molecule has 4 N–H and O–H groups in total. The number of benzene rings is 1. The number of piperidine rings is 1. The van der Waals surface area contributed by atoms with Gasteiger partial charge in [0.2, 0.25) is 0 Å². The normalized spacial score (nSPS) is 22.9. The maximum absolute atomic E-state index is 7.44. The topological polar surface area (TPSA) is 71.1 Å². The van der Waals surface area contributed by atoms with Gasteiger partial charge in [-0.3, -0.25) is 0 Å². The van der Waals surface area contributed by atoms with E-state index < -0.39 is 0 Å². The molecule has 1 aromatic rings.